The number of benzene rings is 1. The Morgan fingerprint density at radius 1 is 1.22 bits per heavy atom. The predicted octanol–water partition coefficient (Wildman–Crippen LogP) is 3.18. The van der Waals surface area contributed by atoms with Gasteiger partial charge in [-0.05, 0) is 43.5 Å². The van der Waals surface area contributed by atoms with Crippen LogP contribution in [0.4, 0.5) is 0 Å². The first kappa shape index (κ1) is 11.4. The molecule has 0 spiro atoms. The molecule has 1 aromatic heterocycles. The first-order chi connectivity index (χ1) is 8.74. The Morgan fingerprint density at radius 3 is 2.50 bits per heavy atom. The highest BCUT2D eigenvalue weighted by Gasteiger charge is 2.23. The van der Waals surface area contributed by atoms with E-state index in [-0.39, 0.29) is 6.04 Å². The molecule has 3 rings (SSSR count). The van der Waals surface area contributed by atoms with E-state index in [0.29, 0.717) is 6.10 Å². The Bertz CT molecular complexity index is 526. The Hall–Kier alpha value is -1.74. The Balaban J connectivity index is 1.77. The van der Waals surface area contributed by atoms with Crippen molar-refractivity contribution < 1.29 is 9.15 Å². The van der Waals surface area contributed by atoms with Crippen LogP contribution in [0.3, 0.4) is 0 Å². The lowest BCUT2D eigenvalue weighted by Gasteiger charge is -2.12. The van der Waals surface area contributed by atoms with Crippen LogP contribution in [0, 0.1) is 6.92 Å². The van der Waals surface area contributed by atoms with E-state index < -0.39 is 0 Å². The molecular formula is C15H17NO2. The fraction of sp³-hybridized carbons (Fsp3) is 0.333. The molecule has 1 saturated carbocycles. The van der Waals surface area contributed by atoms with Crippen LogP contribution in [-0.4, -0.2) is 6.10 Å². The van der Waals surface area contributed by atoms with Gasteiger partial charge < -0.3 is 14.9 Å². The summed E-state index contributed by atoms with van der Waals surface area (Å²) in [5.41, 5.74) is 8.33. The van der Waals surface area contributed by atoms with E-state index in [0.717, 1.165) is 22.6 Å². The molecule has 2 N–H and O–H groups in total. The second-order valence-electron chi connectivity index (χ2n) is 4.80. The molecule has 1 fully saturated rings. The predicted molar refractivity (Wildman–Crippen MR) is 69.6 cm³/mol. The maximum absolute atomic E-state index is 6.22. The van der Waals surface area contributed by atoms with Crippen molar-refractivity contribution in [2.24, 2.45) is 5.73 Å². The number of ether oxygens (including phenoxy) is 1. The van der Waals surface area contributed by atoms with Gasteiger partial charge in [0.2, 0.25) is 0 Å². The van der Waals surface area contributed by atoms with Crippen molar-refractivity contribution in [1.29, 1.82) is 0 Å². The fourth-order valence-electron chi connectivity index (χ4n) is 2.03. The smallest absolute Gasteiger partial charge is 0.119 e. The van der Waals surface area contributed by atoms with Crippen LogP contribution in [-0.2, 0) is 0 Å². The second kappa shape index (κ2) is 4.50. The monoisotopic (exact) mass is 243 g/mol. The lowest BCUT2D eigenvalue weighted by atomic mass is 10.0. The number of rotatable bonds is 4. The number of nitrogens with two attached hydrogens (primary N) is 1. The highest BCUT2D eigenvalue weighted by Crippen LogP contribution is 2.29. The molecule has 0 bridgehead atoms. The van der Waals surface area contributed by atoms with Crippen molar-refractivity contribution in [3.8, 4) is 5.75 Å². The van der Waals surface area contributed by atoms with Gasteiger partial charge in [-0.2, -0.15) is 0 Å². The van der Waals surface area contributed by atoms with Crippen LogP contribution in [0.5, 0.6) is 5.75 Å². The third kappa shape index (κ3) is 2.27. The van der Waals surface area contributed by atoms with Gasteiger partial charge in [-0.25, -0.2) is 0 Å². The highest BCUT2D eigenvalue weighted by atomic mass is 16.5. The summed E-state index contributed by atoms with van der Waals surface area (Å²) in [6.07, 6.45) is 4.46. The fourth-order valence-corrected chi connectivity index (χ4v) is 2.03. The Kier molecular flexibility index (Phi) is 2.84. The van der Waals surface area contributed by atoms with Crippen molar-refractivity contribution in [2.45, 2.75) is 31.9 Å². The molecular weight excluding hydrogens is 226 g/mol. The summed E-state index contributed by atoms with van der Waals surface area (Å²) >= 11 is 0. The van der Waals surface area contributed by atoms with E-state index in [1.54, 1.807) is 6.26 Å². The molecule has 3 nitrogen and oxygen atoms in total. The minimum Gasteiger partial charge on any atom is -0.490 e. The summed E-state index contributed by atoms with van der Waals surface area (Å²) in [6, 6.07) is 9.81. The van der Waals surface area contributed by atoms with Gasteiger partial charge in [0.15, 0.2) is 0 Å². The molecule has 1 unspecified atom stereocenters. The van der Waals surface area contributed by atoms with Crippen LogP contribution in [0.15, 0.2) is 41.0 Å². The van der Waals surface area contributed by atoms with Crippen molar-refractivity contribution >= 4 is 0 Å². The van der Waals surface area contributed by atoms with E-state index in [4.69, 9.17) is 14.9 Å². The SMILES string of the molecule is Cc1occc1C(N)c1ccc(OC2CC2)cc1. The first-order valence-corrected chi connectivity index (χ1v) is 6.30. The molecule has 94 valence electrons. The molecule has 2 aromatic rings. The molecule has 3 heteroatoms. The van der Waals surface area contributed by atoms with E-state index in [9.17, 15) is 0 Å². The summed E-state index contributed by atoms with van der Waals surface area (Å²) in [6.45, 7) is 1.93. The van der Waals surface area contributed by atoms with Gasteiger partial charge in [0.25, 0.3) is 0 Å². The molecule has 1 aromatic carbocycles. The number of hydrogen-bond donors (Lipinski definition) is 1. The molecule has 0 aliphatic heterocycles. The van der Waals surface area contributed by atoms with Crippen molar-refractivity contribution in [2.75, 3.05) is 0 Å². The van der Waals surface area contributed by atoms with Crippen LogP contribution >= 0.6 is 0 Å². The number of furan rings is 1. The van der Waals surface area contributed by atoms with Gasteiger partial charge in [-0.1, -0.05) is 12.1 Å². The van der Waals surface area contributed by atoms with E-state index in [1.807, 2.05) is 37.3 Å². The summed E-state index contributed by atoms with van der Waals surface area (Å²) < 4.78 is 11.0. The van der Waals surface area contributed by atoms with Gasteiger partial charge in [-0.15, -0.1) is 0 Å². The third-order valence-corrected chi connectivity index (χ3v) is 3.30. The first-order valence-electron chi connectivity index (χ1n) is 6.30. The van der Waals surface area contributed by atoms with E-state index in [1.165, 1.54) is 12.8 Å². The zero-order valence-electron chi connectivity index (χ0n) is 10.4. The van der Waals surface area contributed by atoms with Gasteiger partial charge in [0.05, 0.1) is 18.4 Å². The van der Waals surface area contributed by atoms with Crippen LogP contribution in [0.1, 0.15) is 35.8 Å². The van der Waals surface area contributed by atoms with Gasteiger partial charge in [0, 0.05) is 5.56 Å². The van der Waals surface area contributed by atoms with Gasteiger partial charge in [0.1, 0.15) is 11.5 Å². The highest BCUT2D eigenvalue weighted by molar-refractivity contribution is 5.36. The van der Waals surface area contributed by atoms with Gasteiger partial charge in [-0.3, -0.25) is 0 Å². The lowest BCUT2D eigenvalue weighted by Crippen LogP contribution is -2.12. The van der Waals surface area contributed by atoms with E-state index >= 15 is 0 Å². The molecule has 1 atom stereocenters. The Labute approximate surface area is 107 Å². The standard InChI is InChI=1S/C15H17NO2/c1-10-14(8-9-17-10)15(16)11-2-4-12(5-3-11)18-13-6-7-13/h2-5,8-9,13,15H,6-7,16H2,1H3. The lowest BCUT2D eigenvalue weighted by molar-refractivity contribution is 0.303. The van der Waals surface area contributed by atoms with Gasteiger partial charge >= 0.3 is 0 Å². The van der Waals surface area contributed by atoms with E-state index in [2.05, 4.69) is 0 Å². The molecule has 18 heavy (non-hydrogen) atoms. The number of hydrogen-bond acceptors (Lipinski definition) is 3. The topological polar surface area (TPSA) is 48.4 Å². The molecule has 0 amide bonds. The molecule has 1 heterocycles. The van der Waals surface area contributed by atoms with Crippen LogP contribution in [0.25, 0.3) is 0 Å². The molecule has 0 radical (unpaired) electrons. The zero-order valence-corrected chi connectivity index (χ0v) is 10.4. The second-order valence-corrected chi connectivity index (χ2v) is 4.80. The quantitative estimate of drug-likeness (QED) is 0.897. The summed E-state index contributed by atoms with van der Waals surface area (Å²) in [5, 5.41) is 0. The molecule has 1 aliphatic carbocycles. The molecule has 0 saturated heterocycles. The zero-order chi connectivity index (χ0) is 12.5. The minimum absolute atomic E-state index is 0.140. The minimum atomic E-state index is -0.140. The van der Waals surface area contributed by atoms with Crippen molar-refractivity contribution in [1.82, 2.24) is 0 Å². The summed E-state index contributed by atoms with van der Waals surface area (Å²) in [7, 11) is 0. The van der Waals surface area contributed by atoms with Crippen LogP contribution < -0.4 is 10.5 Å². The third-order valence-electron chi connectivity index (χ3n) is 3.30. The largest absolute Gasteiger partial charge is 0.490 e. The Morgan fingerprint density at radius 2 is 1.94 bits per heavy atom. The maximum atomic E-state index is 6.22. The number of aryl methyl sites for hydroxylation is 1. The van der Waals surface area contributed by atoms with Crippen molar-refractivity contribution in [3.05, 3.63) is 53.5 Å². The summed E-state index contributed by atoms with van der Waals surface area (Å²) in [4.78, 5) is 0. The maximum Gasteiger partial charge on any atom is 0.119 e. The summed E-state index contributed by atoms with van der Waals surface area (Å²) in [5.74, 6) is 1.80. The molecule has 1 aliphatic rings. The average Bonchev–Trinajstić information content (AvgIpc) is 3.09. The normalized spacial score (nSPS) is 16.6. The van der Waals surface area contributed by atoms with Crippen molar-refractivity contribution in [3.63, 3.8) is 0 Å². The average molecular weight is 243 g/mol. The van der Waals surface area contributed by atoms with Crippen LogP contribution in [0.2, 0.25) is 0 Å².